The Hall–Kier alpha value is -2.86. The number of benzene rings is 2. The van der Waals surface area contributed by atoms with Gasteiger partial charge >= 0.3 is 0 Å². The highest BCUT2D eigenvalue weighted by Gasteiger charge is 2.33. The highest BCUT2D eigenvalue weighted by atomic mass is 16.5. The number of anilines is 1. The number of likely N-dealkylation sites (tertiary alicyclic amines) is 1. The molecule has 2 aromatic carbocycles. The number of nitrogens with zero attached hydrogens (tertiary/aromatic N) is 1. The Morgan fingerprint density at radius 1 is 1.19 bits per heavy atom. The van der Waals surface area contributed by atoms with Crippen LogP contribution in [0, 0.1) is 5.92 Å². The summed E-state index contributed by atoms with van der Waals surface area (Å²) in [6.45, 7) is 1.23. The fourth-order valence-corrected chi connectivity index (χ4v) is 3.55. The van der Waals surface area contributed by atoms with Crippen LogP contribution in [0.15, 0.2) is 54.6 Å². The van der Waals surface area contributed by atoms with E-state index >= 15 is 0 Å². The molecule has 1 heterocycles. The molecule has 27 heavy (non-hydrogen) atoms. The lowest BCUT2D eigenvalue weighted by molar-refractivity contribution is -0.127. The lowest BCUT2D eigenvalue weighted by Crippen LogP contribution is -2.46. The first kappa shape index (κ1) is 18.9. The molecule has 142 valence electrons. The summed E-state index contributed by atoms with van der Waals surface area (Å²) in [6, 6.07) is 16.4. The molecule has 1 saturated heterocycles. The molecule has 6 nitrogen and oxygen atoms in total. The maximum atomic E-state index is 13.2. The summed E-state index contributed by atoms with van der Waals surface area (Å²) in [5.41, 5.74) is 7.08. The van der Waals surface area contributed by atoms with E-state index in [1.54, 1.807) is 13.2 Å². The van der Waals surface area contributed by atoms with Gasteiger partial charge in [-0.15, -0.1) is 0 Å². The summed E-state index contributed by atoms with van der Waals surface area (Å²) < 4.78 is 5.23. The van der Waals surface area contributed by atoms with Gasteiger partial charge in [-0.05, 0) is 37.1 Å². The van der Waals surface area contributed by atoms with Crippen LogP contribution in [0.3, 0.4) is 0 Å². The quantitative estimate of drug-likeness (QED) is 0.822. The number of carbonyl (C=O) groups is 2. The zero-order valence-corrected chi connectivity index (χ0v) is 15.4. The smallest absolute Gasteiger partial charge is 0.246 e. The molecule has 0 aromatic heterocycles. The van der Waals surface area contributed by atoms with E-state index in [2.05, 4.69) is 5.32 Å². The van der Waals surface area contributed by atoms with Gasteiger partial charge < -0.3 is 15.8 Å². The number of rotatable bonds is 6. The Bertz CT molecular complexity index is 794. The predicted molar refractivity (Wildman–Crippen MR) is 104 cm³/mol. The molecule has 6 heteroatoms. The number of ether oxygens (including phenoxy) is 1. The van der Waals surface area contributed by atoms with Crippen molar-refractivity contribution in [3.63, 3.8) is 0 Å². The van der Waals surface area contributed by atoms with Gasteiger partial charge in [-0.3, -0.25) is 14.5 Å². The number of nitrogens with two attached hydrogens (primary N) is 1. The van der Waals surface area contributed by atoms with Crippen molar-refractivity contribution in [1.29, 1.82) is 0 Å². The first-order valence-corrected chi connectivity index (χ1v) is 9.11. The lowest BCUT2D eigenvalue weighted by atomic mass is 9.94. The predicted octanol–water partition coefficient (Wildman–Crippen LogP) is 2.57. The number of nitrogens with one attached hydrogen (secondary N) is 1. The number of primary amides is 1. The van der Waals surface area contributed by atoms with Gasteiger partial charge in [0.25, 0.3) is 0 Å². The molecular formula is C21H25N3O3. The van der Waals surface area contributed by atoms with Crippen LogP contribution in [0.1, 0.15) is 24.4 Å². The topological polar surface area (TPSA) is 84.7 Å². The number of hydrogen-bond donors (Lipinski definition) is 2. The van der Waals surface area contributed by atoms with E-state index in [4.69, 9.17) is 10.5 Å². The highest BCUT2D eigenvalue weighted by molar-refractivity contribution is 5.95. The molecule has 0 unspecified atom stereocenters. The van der Waals surface area contributed by atoms with Crippen molar-refractivity contribution in [2.45, 2.75) is 18.9 Å². The molecule has 0 spiro atoms. The van der Waals surface area contributed by atoms with Gasteiger partial charge in [0.15, 0.2) is 0 Å². The van der Waals surface area contributed by atoms with Crippen molar-refractivity contribution >= 4 is 17.5 Å². The van der Waals surface area contributed by atoms with E-state index in [-0.39, 0.29) is 17.7 Å². The van der Waals surface area contributed by atoms with Crippen LogP contribution in [-0.4, -0.2) is 36.9 Å². The van der Waals surface area contributed by atoms with Gasteiger partial charge in [0.2, 0.25) is 11.8 Å². The van der Waals surface area contributed by atoms with Crippen LogP contribution in [0.2, 0.25) is 0 Å². The Balaban J connectivity index is 1.85. The molecule has 2 aromatic rings. The third kappa shape index (κ3) is 4.65. The third-order valence-electron chi connectivity index (χ3n) is 4.92. The van der Waals surface area contributed by atoms with Gasteiger partial charge in [-0.25, -0.2) is 0 Å². The minimum Gasteiger partial charge on any atom is -0.497 e. The molecule has 0 radical (unpaired) electrons. The second-order valence-electron chi connectivity index (χ2n) is 6.77. The van der Waals surface area contributed by atoms with Gasteiger partial charge in [0.05, 0.1) is 13.0 Å². The molecule has 2 atom stereocenters. The van der Waals surface area contributed by atoms with E-state index in [9.17, 15) is 9.59 Å². The summed E-state index contributed by atoms with van der Waals surface area (Å²) in [7, 11) is 1.59. The Labute approximate surface area is 159 Å². The molecule has 1 fully saturated rings. The average molecular weight is 367 g/mol. The average Bonchev–Trinajstić information content (AvgIpc) is 2.69. The summed E-state index contributed by atoms with van der Waals surface area (Å²) in [5.74, 6) is 0.00435. The zero-order chi connectivity index (χ0) is 19.2. The molecule has 3 rings (SSSR count). The molecule has 2 amide bonds. The molecule has 3 N–H and O–H groups in total. The second kappa shape index (κ2) is 8.68. The number of methoxy groups -OCH3 is 1. The number of hydrogen-bond acceptors (Lipinski definition) is 4. The van der Waals surface area contributed by atoms with Gasteiger partial charge in [0, 0.05) is 18.3 Å². The fourth-order valence-electron chi connectivity index (χ4n) is 3.55. The van der Waals surface area contributed by atoms with Crippen molar-refractivity contribution in [3.05, 3.63) is 60.2 Å². The summed E-state index contributed by atoms with van der Waals surface area (Å²) in [4.78, 5) is 26.9. The Morgan fingerprint density at radius 3 is 2.67 bits per heavy atom. The summed E-state index contributed by atoms with van der Waals surface area (Å²) in [6.07, 6.45) is 1.61. The standard InChI is InChI=1S/C21H25N3O3/c1-27-18-11-5-10-17(13-18)23-21(26)19(15-7-3-2-4-8-15)24-12-6-9-16(14-24)20(22)25/h2-5,7-8,10-11,13,16,19H,6,9,12,14H2,1H3,(H2,22,25)(H,23,26)/t16-,19-/m0/s1. The van der Waals surface area contributed by atoms with Gasteiger partial charge in [0.1, 0.15) is 11.8 Å². The minimum atomic E-state index is -0.487. The van der Waals surface area contributed by atoms with Crippen molar-refractivity contribution < 1.29 is 14.3 Å². The normalized spacial score (nSPS) is 18.5. The minimum absolute atomic E-state index is 0.139. The SMILES string of the molecule is COc1cccc(NC(=O)[C@H](c2ccccc2)N2CCC[C@H](C(N)=O)C2)c1. The summed E-state index contributed by atoms with van der Waals surface area (Å²) >= 11 is 0. The van der Waals surface area contributed by atoms with E-state index in [0.29, 0.717) is 18.0 Å². The molecular weight excluding hydrogens is 342 g/mol. The number of amides is 2. The number of piperidine rings is 1. The van der Waals surface area contributed by atoms with E-state index < -0.39 is 6.04 Å². The van der Waals surface area contributed by atoms with Crippen LogP contribution in [0.25, 0.3) is 0 Å². The maximum Gasteiger partial charge on any atom is 0.246 e. The Morgan fingerprint density at radius 2 is 1.96 bits per heavy atom. The van der Waals surface area contributed by atoms with Crippen LogP contribution in [-0.2, 0) is 9.59 Å². The van der Waals surface area contributed by atoms with Crippen molar-refractivity contribution in [1.82, 2.24) is 4.90 Å². The maximum absolute atomic E-state index is 13.2. The van der Waals surface area contributed by atoms with Crippen molar-refractivity contribution in [3.8, 4) is 5.75 Å². The summed E-state index contributed by atoms with van der Waals surface area (Å²) in [5, 5.41) is 2.98. The van der Waals surface area contributed by atoms with E-state index in [0.717, 1.165) is 24.9 Å². The van der Waals surface area contributed by atoms with E-state index in [1.807, 2.05) is 53.4 Å². The molecule has 1 aliphatic heterocycles. The van der Waals surface area contributed by atoms with Crippen LogP contribution in [0.4, 0.5) is 5.69 Å². The van der Waals surface area contributed by atoms with Crippen LogP contribution >= 0.6 is 0 Å². The van der Waals surface area contributed by atoms with Crippen molar-refractivity contribution in [2.24, 2.45) is 11.7 Å². The lowest BCUT2D eigenvalue weighted by Gasteiger charge is -2.36. The Kier molecular flexibility index (Phi) is 6.08. The highest BCUT2D eigenvalue weighted by Crippen LogP contribution is 2.29. The first-order chi connectivity index (χ1) is 13.1. The molecule has 0 saturated carbocycles. The molecule has 1 aliphatic rings. The van der Waals surface area contributed by atoms with E-state index in [1.165, 1.54) is 0 Å². The zero-order valence-electron chi connectivity index (χ0n) is 15.4. The third-order valence-corrected chi connectivity index (χ3v) is 4.92. The second-order valence-corrected chi connectivity index (χ2v) is 6.77. The first-order valence-electron chi connectivity index (χ1n) is 9.11. The van der Waals surface area contributed by atoms with Gasteiger partial charge in [-0.2, -0.15) is 0 Å². The van der Waals surface area contributed by atoms with Gasteiger partial charge in [-0.1, -0.05) is 36.4 Å². The molecule has 0 bridgehead atoms. The van der Waals surface area contributed by atoms with Crippen molar-refractivity contribution in [2.75, 3.05) is 25.5 Å². The number of carbonyl (C=O) groups excluding carboxylic acids is 2. The van der Waals surface area contributed by atoms with Crippen LogP contribution < -0.4 is 15.8 Å². The fraction of sp³-hybridized carbons (Fsp3) is 0.333. The molecule has 0 aliphatic carbocycles. The monoisotopic (exact) mass is 367 g/mol. The largest absolute Gasteiger partial charge is 0.497 e. The van der Waals surface area contributed by atoms with Crippen LogP contribution in [0.5, 0.6) is 5.75 Å².